The number of ketones is 1. The molecule has 2 aromatic heterocycles. The number of carbonyl (C=O) groups is 2. The third kappa shape index (κ3) is 2.79. The van der Waals surface area contributed by atoms with Gasteiger partial charge >= 0.3 is 5.63 Å². The molecule has 2 aromatic carbocycles. The fourth-order valence-electron chi connectivity index (χ4n) is 3.14. The van der Waals surface area contributed by atoms with Gasteiger partial charge in [0.25, 0.3) is 11.7 Å². The van der Waals surface area contributed by atoms with Gasteiger partial charge in [0, 0.05) is 35.2 Å². The number of anilines is 1. The molecular weight excluding hydrogens is 346 g/mol. The number of carbonyl (C=O) groups excluding carboxylic acids is 2. The molecule has 4 rings (SSSR count). The molecule has 0 aliphatic heterocycles. The summed E-state index contributed by atoms with van der Waals surface area (Å²) < 4.78 is 6.49. The van der Waals surface area contributed by atoms with Gasteiger partial charge in [0.1, 0.15) is 0 Å². The van der Waals surface area contributed by atoms with Crippen molar-refractivity contribution in [1.82, 2.24) is 9.72 Å². The molecule has 0 bridgehead atoms. The minimum Gasteiger partial charge on any atom is -0.350 e. The Balaban J connectivity index is 1.67. The maximum atomic E-state index is 12.7. The van der Waals surface area contributed by atoms with Crippen LogP contribution < -0.4 is 10.9 Å². The van der Waals surface area contributed by atoms with Crippen LogP contribution in [-0.2, 0) is 11.8 Å². The summed E-state index contributed by atoms with van der Waals surface area (Å²) >= 11 is 0. The summed E-state index contributed by atoms with van der Waals surface area (Å²) in [6, 6.07) is 12.1. The van der Waals surface area contributed by atoms with Crippen molar-refractivity contribution in [2.45, 2.75) is 6.92 Å². The summed E-state index contributed by atoms with van der Waals surface area (Å²) in [5.41, 5.74) is 1.57. The molecular formula is C20H15N3O4. The first kappa shape index (κ1) is 16.7. The number of hydrogen-bond donors (Lipinski definition) is 1. The first-order valence-corrected chi connectivity index (χ1v) is 8.26. The summed E-state index contributed by atoms with van der Waals surface area (Å²) in [6.07, 6.45) is 1.65. The quantitative estimate of drug-likeness (QED) is 0.447. The van der Waals surface area contributed by atoms with Gasteiger partial charge < -0.3 is 14.4 Å². The normalized spacial score (nSPS) is 11.0. The average molecular weight is 361 g/mol. The highest BCUT2D eigenvalue weighted by Crippen LogP contribution is 2.22. The molecule has 1 N–H and O–H groups in total. The van der Waals surface area contributed by atoms with Crippen LogP contribution in [0.5, 0.6) is 0 Å². The standard InChI is InChI=1S/C20H15N3O4/c1-11-15-9-12(7-8-14(15)20(26)27-22-11)21-19(25)18(24)16-10-23(2)17-6-4-3-5-13(16)17/h3-10H,1-2H3,(H,21,25). The van der Waals surface area contributed by atoms with Crippen LogP contribution in [0.2, 0.25) is 0 Å². The number of Topliss-reactive ketones (excluding diaryl/α,β-unsaturated/α-hetero) is 1. The summed E-state index contributed by atoms with van der Waals surface area (Å²) in [4.78, 5) is 36.9. The van der Waals surface area contributed by atoms with Crippen molar-refractivity contribution in [2.75, 3.05) is 5.32 Å². The number of aryl methyl sites for hydroxylation is 2. The molecule has 0 fully saturated rings. The fraction of sp³-hybridized carbons (Fsp3) is 0.100. The van der Waals surface area contributed by atoms with Crippen molar-refractivity contribution in [3.05, 3.63) is 70.3 Å². The molecule has 27 heavy (non-hydrogen) atoms. The van der Waals surface area contributed by atoms with Crippen molar-refractivity contribution < 1.29 is 14.1 Å². The summed E-state index contributed by atoms with van der Waals surface area (Å²) in [6.45, 7) is 1.69. The van der Waals surface area contributed by atoms with Crippen molar-refractivity contribution >= 4 is 39.1 Å². The molecule has 1 amide bonds. The van der Waals surface area contributed by atoms with E-state index < -0.39 is 17.3 Å². The number of amides is 1. The average Bonchev–Trinajstić information content (AvgIpc) is 3.01. The van der Waals surface area contributed by atoms with Crippen LogP contribution in [0.15, 0.2) is 58.0 Å². The first-order valence-electron chi connectivity index (χ1n) is 8.26. The Labute approximate surface area is 153 Å². The van der Waals surface area contributed by atoms with E-state index in [1.54, 1.807) is 35.9 Å². The van der Waals surface area contributed by atoms with E-state index in [-0.39, 0.29) is 0 Å². The number of aromatic nitrogens is 2. The van der Waals surface area contributed by atoms with Crippen LogP contribution in [0.25, 0.3) is 21.7 Å². The second-order valence-corrected chi connectivity index (χ2v) is 6.27. The SMILES string of the molecule is Cc1noc(=O)c2ccc(NC(=O)C(=O)c3cn(C)c4ccccc34)cc12. The highest BCUT2D eigenvalue weighted by Gasteiger charge is 2.21. The van der Waals surface area contributed by atoms with Gasteiger partial charge in [-0.3, -0.25) is 9.59 Å². The van der Waals surface area contributed by atoms with Crippen LogP contribution in [0.4, 0.5) is 5.69 Å². The van der Waals surface area contributed by atoms with E-state index in [0.29, 0.717) is 27.7 Å². The number of nitrogens with one attached hydrogen (secondary N) is 1. The molecule has 0 saturated heterocycles. The van der Waals surface area contributed by atoms with Gasteiger partial charge in [0.2, 0.25) is 0 Å². The molecule has 0 aliphatic rings. The molecule has 0 aliphatic carbocycles. The first-order chi connectivity index (χ1) is 13.0. The van der Waals surface area contributed by atoms with Gasteiger partial charge in [-0.2, -0.15) is 0 Å². The number of rotatable bonds is 3. The van der Waals surface area contributed by atoms with E-state index in [0.717, 1.165) is 10.9 Å². The maximum absolute atomic E-state index is 12.7. The van der Waals surface area contributed by atoms with E-state index >= 15 is 0 Å². The zero-order valence-corrected chi connectivity index (χ0v) is 14.6. The lowest BCUT2D eigenvalue weighted by Crippen LogP contribution is -2.22. The van der Waals surface area contributed by atoms with Gasteiger partial charge in [-0.1, -0.05) is 23.4 Å². The predicted molar refractivity (Wildman–Crippen MR) is 101 cm³/mol. The zero-order valence-electron chi connectivity index (χ0n) is 14.6. The monoisotopic (exact) mass is 361 g/mol. The van der Waals surface area contributed by atoms with Gasteiger partial charge in [-0.15, -0.1) is 0 Å². The lowest BCUT2D eigenvalue weighted by molar-refractivity contribution is -0.112. The molecule has 7 heteroatoms. The molecule has 0 radical (unpaired) electrons. The third-order valence-electron chi connectivity index (χ3n) is 4.50. The Morgan fingerprint density at radius 3 is 2.67 bits per heavy atom. The zero-order chi connectivity index (χ0) is 19.1. The lowest BCUT2D eigenvalue weighted by atomic mass is 10.1. The van der Waals surface area contributed by atoms with Gasteiger partial charge in [-0.25, -0.2) is 4.79 Å². The Bertz CT molecular complexity index is 1280. The predicted octanol–water partition coefficient (Wildman–Crippen LogP) is 2.81. The Morgan fingerprint density at radius 2 is 1.85 bits per heavy atom. The van der Waals surface area contributed by atoms with Crippen LogP contribution >= 0.6 is 0 Å². The van der Waals surface area contributed by atoms with Gasteiger partial charge in [0.15, 0.2) is 0 Å². The molecule has 4 aromatic rings. The maximum Gasteiger partial charge on any atom is 0.366 e. The van der Waals surface area contributed by atoms with E-state index in [2.05, 4.69) is 15.0 Å². The number of nitrogens with zero attached hydrogens (tertiary/aromatic N) is 2. The van der Waals surface area contributed by atoms with Crippen molar-refractivity contribution in [2.24, 2.45) is 7.05 Å². The molecule has 0 unspecified atom stereocenters. The van der Waals surface area contributed by atoms with Crippen molar-refractivity contribution in [1.29, 1.82) is 0 Å². The smallest absolute Gasteiger partial charge is 0.350 e. The Morgan fingerprint density at radius 1 is 1.07 bits per heavy atom. The minimum atomic E-state index is -0.751. The number of hydrogen-bond acceptors (Lipinski definition) is 5. The van der Waals surface area contributed by atoms with E-state index in [4.69, 9.17) is 0 Å². The Kier molecular flexibility index (Phi) is 3.84. The van der Waals surface area contributed by atoms with Gasteiger partial charge in [0.05, 0.1) is 16.6 Å². The second kappa shape index (κ2) is 6.21. The molecule has 134 valence electrons. The summed E-state index contributed by atoms with van der Waals surface area (Å²) in [7, 11) is 1.82. The lowest BCUT2D eigenvalue weighted by Gasteiger charge is -2.06. The molecule has 2 heterocycles. The van der Waals surface area contributed by atoms with Crippen molar-refractivity contribution in [3.63, 3.8) is 0 Å². The topological polar surface area (TPSA) is 94.2 Å². The largest absolute Gasteiger partial charge is 0.366 e. The Hall–Kier alpha value is -3.74. The van der Waals surface area contributed by atoms with Crippen LogP contribution in [0.3, 0.4) is 0 Å². The van der Waals surface area contributed by atoms with Crippen LogP contribution in [-0.4, -0.2) is 21.4 Å². The minimum absolute atomic E-state index is 0.338. The highest BCUT2D eigenvalue weighted by atomic mass is 16.5. The molecule has 0 atom stereocenters. The summed E-state index contributed by atoms with van der Waals surface area (Å²) in [5.74, 6) is -1.38. The fourth-order valence-corrected chi connectivity index (χ4v) is 3.14. The molecule has 0 spiro atoms. The number of benzene rings is 2. The summed E-state index contributed by atoms with van der Waals surface area (Å²) in [5, 5.41) is 7.91. The van der Waals surface area contributed by atoms with E-state index in [9.17, 15) is 14.4 Å². The number of fused-ring (bicyclic) bond motifs is 2. The van der Waals surface area contributed by atoms with Crippen LogP contribution in [0.1, 0.15) is 16.1 Å². The number of para-hydroxylation sites is 1. The van der Waals surface area contributed by atoms with Crippen LogP contribution in [0, 0.1) is 6.92 Å². The van der Waals surface area contributed by atoms with Crippen molar-refractivity contribution in [3.8, 4) is 0 Å². The second-order valence-electron chi connectivity index (χ2n) is 6.27. The highest BCUT2D eigenvalue weighted by molar-refractivity contribution is 6.48. The molecule has 7 nitrogen and oxygen atoms in total. The van der Waals surface area contributed by atoms with E-state index in [1.807, 2.05) is 25.2 Å². The molecule has 0 saturated carbocycles. The van der Waals surface area contributed by atoms with Gasteiger partial charge in [-0.05, 0) is 31.2 Å². The third-order valence-corrected chi connectivity index (χ3v) is 4.50. The van der Waals surface area contributed by atoms with E-state index in [1.165, 1.54) is 6.07 Å².